The third kappa shape index (κ3) is 5.19. The number of nitrogens with zero attached hydrogens (tertiary/aromatic N) is 1. The zero-order valence-corrected chi connectivity index (χ0v) is 13.6. The first kappa shape index (κ1) is 17.2. The van der Waals surface area contributed by atoms with E-state index in [0.29, 0.717) is 18.7 Å². The van der Waals surface area contributed by atoms with Crippen LogP contribution in [0.1, 0.15) is 17.3 Å². The van der Waals surface area contributed by atoms with Gasteiger partial charge in [-0.15, -0.1) is 13.2 Å². The summed E-state index contributed by atoms with van der Waals surface area (Å²) in [5.41, 5.74) is 0.511. The van der Waals surface area contributed by atoms with E-state index in [1.807, 2.05) is 0 Å². The van der Waals surface area contributed by atoms with Gasteiger partial charge in [0.1, 0.15) is 6.04 Å². The molecule has 0 aliphatic rings. The summed E-state index contributed by atoms with van der Waals surface area (Å²) < 4.78 is 0.895. The Labute approximate surface area is 133 Å². The Kier molecular flexibility index (Phi) is 6.88. The van der Waals surface area contributed by atoms with Crippen LogP contribution >= 0.6 is 15.9 Å². The molecule has 0 radical (unpaired) electrons. The highest BCUT2D eigenvalue weighted by atomic mass is 79.9. The van der Waals surface area contributed by atoms with E-state index in [-0.39, 0.29) is 11.8 Å². The van der Waals surface area contributed by atoms with Crippen molar-refractivity contribution in [3.63, 3.8) is 0 Å². The van der Waals surface area contributed by atoms with Crippen LogP contribution < -0.4 is 5.32 Å². The van der Waals surface area contributed by atoms with Gasteiger partial charge in [-0.2, -0.15) is 0 Å². The van der Waals surface area contributed by atoms with Crippen molar-refractivity contribution < 1.29 is 9.59 Å². The van der Waals surface area contributed by atoms with E-state index in [4.69, 9.17) is 0 Å². The lowest BCUT2D eigenvalue weighted by molar-refractivity contribution is -0.131. The minimum Gasteiger partial charge on any atom is -0.341 e. The first-order valence-corrected chi connectivity index (χ1v) is 7.36. The van der Waals surface area contributed by atoms with E-state index < -0.39 is 6.04 Å². The van der Waals surface area contributed by atoms with Crippen molar-refractivity contribution in [1.82, 2.24) is 10.2 Å². The van der Waals surface area contributed by atoms with E-state index in [2.05, 4.69) is 34.4 Å². The molecule has 1 unspecified atom stereocenters. The molecule has 21 heavy (non-hydrogen) atoms. The SMILES string of the molecule is C=CCN(CC=C)C(=O)C(C)NC(=O)c1ccc(Br)cc1. The van der Waals surface area contributed by atoms with Gasteiger partial charge in [0.2, 0.25) is 5.91 Å². The van der Waals surface area contributed by atoms with Gasteiger partial charge in [0, 0.05) is 23.1 Å². The number of hydrogen-bond donors (Lipinski definition) is 1. The van der Waals surface area contributed by atoms with Gasteiger partial charge in [0.05, 0.1) is 0 Å². The Morgan fingerprint density at radius 1 is 1.24 bits per heavy atom. The second-order valence-corrected chi connectivity index (χ2v) is 5.44. The summed E-state index contributed by atoms with van der Waals surface area (Å²) in [6.45, 7) is 9.75. The van der Waals surface area contributed by atoms with E-state index in [1.165, 1.54) is 0 Å². The Hall–Kier alpha value is -1.88. The van der Waals surface area contributed by atoms with E-state index in [9.17, 15) is 9.59 Å². The van der Waals surface area contributed by atoms with Crippen molar-refractivity contribution in [1.29, 1.82) is 0 Å². The fraction of sp³-hybridized carbons (Fsp3) is 0.250. The topological polar surface area (TPSA) is 49.4 Å². The molecule has 0 saturated carbocycles. The van der Waals surface area contributed by atoms with Crippen LogP contribution in [0.5, 0.6) is 0 Å². The maximum atomic E-state index is 12.3. The predicted molar refractivity (Wildman–Crippen MR) is 88.0 cm³/mol. The largest absolute Gasteiger partial charge is 0.341 e. The van der Waals surface area contributed by atoms with Crippen LogP contribution in [0.3, 0.4) is 0 Å². The van der Waals surface area contributed by atoms with Gasteiger partial charge in [-0.3, -0.25) is 9.59 Å². The van der Waals surface area contributed by atoms with Gasteiger partial charge in [0.25, 0.3) is 5.91 Å². The van der Waals surface area contributed by atoms with Crippen LogP contribution in [-0.2, 0) is 4.79 Å². The van der Waals surface area contributed by atoms with E-state index >= 15 is 0 Å². The van der Waals surface area contributed by atoms with Crippen LogP contribution in [0.4, 0.5) is 0 Å². The van der Waals surface area contributed by atoms with Gasteiger partial charge in [-0.05, 0) is 31.2 Å². The molecule has 0 fully saturated rings. The summed E-state index contributed by atoms with van der Waals surface area (Å²) in [6.07, 6.45) is 3.29. The molecule has 1 N–H and O–H groups in total. The molecule has 1 aromatic carbocycles. The molecular formula is C16H19BrN2O2. The smallest absolute Gasteiger partial charge is 0.251 e. The van der Waals surface area contributed by atoms with Gasteiger partial charge < -0.3 is 10.2 Å². The zero-order chi connectivity index (χ0) is 15.8. The summed E-state index contributed by atoms with van der Waals surface area (Å²) in [5.74, 6) is -0.444. The number of hydrogen-bond acceptors (Lipinski definition) is 2. The Bertz CT molecular complexity index is 516. The molecule has 0 aliphatic heterocycles. The minimum atomic E-state index is -0.610. The lowest BCUT2D eigenvalue weighted by atomic mass is 10.2. The molecular weight excluding hydrogens is 332 g/mol. The average Bonchev–Trinajstić information content (AvgIpc) is 2.46. The second-order valence-electron chi connectivity index (χ2n) is 4.52. The molecule has 0 bridgehead atoms. The second kappa shape index (κ2) is 8.42. The standard InChI is InChI=1S/C16H19BrN2O2/c1-4-10-19(11-5-2)16(21)12(3)18-15(20)13-6-8-14(17)9-7-13/h4-9,12H,1-2,10-11H2,3H3,(H,18,20). The summed E-state index contributed by atoms with van der Waals surface area (Å²) in [4.78, 5) is 25.9. The molecule has 4 nitrogen and oxygen atoms in total. The first-order chi connectivity index (χ1) is 9.99. The normalized spacial score (nSPS) is 11.3. The van der Waals surface area contributed by atoms with Gasteiger partial charge in [0.15, 0.2) is 0 Å². The van der Waals surface area contributed by atoms with Crippen molar-refractivity contribution >= 4 is 27.7 Å². The fourth-order valence-electron chi connectivity index (χ4n) is 1.78. The highest BCUT2D eigenvalue weighted by Crippen LogP contribution is 2.10. The lowest BCUT2D eigenvalue weighted by Crippen LogP contribution is -2.47. The molecule has 5 heteroatoms. The average molecular weight is 351 g/mol. The molecule has 0 heterocycles. The highest BCUT2D eigenvalue weighted by Gasteiger charge is 2.21. The lowest BCUT2D eigenvalue weighted by Gasteiger charge is -2.23. The molecule has 0 saturated heterocycles. The molecule has 1 rings (SSSR count). The van der Waals surface area contributed by atoms with E-state index in [0.717, 1.165) is 4.47 Å². The zero-order valence-electron chi connectivity index (χ0n) is 12.0. The summed E-state index contributed by atoms with van der Waals surface area (Å²) >= 11 is 3.31. The van der Waals surface area contributed by atoms with Crippen molar-refractivity contribution in [2.75, 3.05) is 13.1 Å². The number of benzene rings is 1. The quantitative estimate of drug-likeness (QED) is 0.768. The molecule has 0 spiro atoms. The van der Waals surface area contributed by atoms with E-state index in [1.54, 1.807) is 48.2 Å². The number of carbonyl (C=O) groups is 2. The Balaban J connectivity index is 2.69. The maximum absolute atomic E-state index is 12.3. The monoisotopic (exact) mass is 350 g/mol. The highest BCUT2D eigenvalue weighted by molar-refractivity contribution is 9.10. The minimum absolute atomic E-state index is 0.166. The van der Waals surface area contributed by atoms with Crippen molar-refractivity contribution in [3.8, 4) is 0 Å². The first-order valence-electron chi connectivity index (χ1n) is 6.56. The molecule has 0 aliphatic carbocycles. The third-order valence-corrected chi connectivity index (χ3v) is 3.36. The Morgan fingerprint density at radius 3 is 2.24 bits per heavy atom. The van der Waals surface area contributed by atoms with Crippen LogP contribution in [0.25, 0.3) is 0 Å². The van der Waals surface area contributed by atoms with Crippen LogP contribution in [0.2, 0.25) is 0 Å². The summed E-state index contributed by atoms with van der Waals surface area (Å²) in [7, 11) is 0. The number of nitrogens with one attached hydrogen (secondary N) is 1. The van der Waals surface area contributed by atoms with Crippen molar-refractivity contribution in [3.05, 3.63) is 59.6 Å². The molecule has 112 valence electrons. The van der Waals surface area contributed by atoms with Crippen molar-refractivity contribution in [2.45, 2.75) is 13.0 Å². The summed E-state index contributed by atoms with van der Waals surface area (Å²) in [6, 6.07) is 6.34. The Morgan fingerprint density at radius 2 is 1.76 bits per heavy atom. The predicted octanol–water partition coefficient (Wildman–Crippen LogP) is 2.77. The fourth-order valence-corrected chi connectivity index (χ4v) is 2.05. The van der Waals surface area contributed by atoms with Gasteiger partial charge >= 0.3 is 0 Å². The maximum Gasteiger partial charge on any atom is 0.251 e. The number of carbonyl (C=O) groups excluding carboxylic acids is 2. The molecule has 1 aromatic rings. The number of amides is 2. The molecule has 1 atom stereocenters. The van der Waals surface area contributed by atoms with Gasteiger partial charge in [-0.1, -0.05) is 28.1 Å². The van der Waals surface area contributed by atoms with Crippen molar-refractivity contribution in [2.24, 2.45) is 0 Å². The number of rotatable bonds is 7. The molecule has 0 aromatic heterocycles. The molecule has 2 amide bonds. The third-order valence-electron chi connectivity index (χ3n) is 2.84. The van der Waals surface area contributed by atoms with Crippen LogP contribution in [0.15, 0.2) is 54.0 Å². The van der Waals surface area contributed by atoms with Crippen LogP contribution in [0, 0.1) is 0 Å². The summed E-state index contributed by atoms with van der Waals surface area (Å²) in [5, 5.41) is 2.70. The van der Waals surface area contributed by atoms with Gasteiger partial charge in [-0.25, -0.2) is 0 Å². The number of halogens is 1. The van der Waals surface area contributed by atoms with Crippen LogP contribution in [-0.4, -0.2) is 35.8 Å².